The quantitative estimate of drug-likeness (QED) is 0.652. The Kier molecular flexibility index (Phi) is 7.80. The number of nitrogens with zero attached hydrogens (tertiary/aromatic N) is 1. The predicted molar refractivity (Wildman–Crippen MR) is 118 cm³/mol. The van der Waals surface area contributed by atoms with Crippen molar-refractivity contribution in [1.29, 1.82) is 0 Å². The van der Waals surface area contributed by atoms with Crippen LogP contribution in [0.25, 0.3) is 0 Å². The van der Waals surface area contributed by atoms with E-state index in [1.54, 1.807) is 36.4 Å². The number of hydrogen-bond donors (Lipinski definition) is 2. The maximum absolute atomic E-state index is 13.1. The summed E-state index contributed by atoms with van der Waals surface area (Å²) in [4.78, 5) is 14.8. The molecule has 2 aromatic rings. The van der Waals surface area contributed by atoms with Gasteiger partial charge < -0.3 is 5.32 Å². The van der Waals surface area contributed by atoms with E-state index in [4.69, 9.17) is 0 Å². The van der Waals surface area contributed by atoms with Gasteiger partial charge in [-0.25, -0.2) is 17.5 Å². The Morgan fingerprint density at radius 2 is 1.84 bits per heavy atom. The molecule has 1 fully saturated rings. The molecule has 1 amide bonds. The normalized spacial score (nSPS) is 18.5. The van der Waals surface area contributed by atoms with Crippen LogP contribution < -0.4 is 10.0 Å². The summed E-state index contributed by atoms with van der Waals surface area (Å²) in [5.41, 5.74) is 1.85. The highest BCUT2D eigenvalue weighted by atomic mass is 32.2. The number of aryl methyl sites for hydroxylation is 1. The number of likely N-dealkylation sites (tertiary alicyclic amines) is 1. The molecule has 0 saturated carbocycles. The van der Waals surface area contributed by atoms with E-state index in [9.17, 15) is 17.6 Å². The van der Waals surface area contributed by atoms with E-state index in [0.29, 0.717) is 13.1 Å². The lowest BCUT2D eigenvalue weighted by Crippen LogP contribution is -2.45. The Morgan fingerprint density at radius 1 is 1.16 bits per heavy atom. The molecule has 2 N–H and O–H groups in total. The first-order valence-electron chi connectivity index (χ1n) is 10.6. The van der Waals surface area contributed by atoms with Crippen LogP contribution in [-0.4, -0.2) is 45.4 Å². The molecule has 0 radical (unpaired) electrons. The van der Waals surface area contributed by atoms with Crippen LogP contribution in [0.3, 0.4) is 0 Å². The third-order valence-corrected chi connectivity index (χ3v) is 7.05. The van der Waals surface area contributed by atoms with Gasteiger partial charge in [0, 0.05) is 13.1 Å². The first-order valence-corrected chi connectivity index (χ1v) is 12.0. The zero-order valence-corrected chi connectivity index (χ0v) is 18.8. The van der Waals surface area contributed by atoms with Gasteiger partial charge in [-0.05, 0) is 69.0 Å². The molecular formula is C23H30FN3O3S. The fourth-order valence-electron chi connectivity index (χ4n) is 3.81. The summed E-state index contributed by atoms with van der Waals surface area (Å²) in [6.45, 7) is 5.85. The van der Waals surface area contributed by atoms with E-state index in [1.807, 2.05) is 13.8 Å². The molecule has 0 spiro atoms. The Bertz CT molecular complexity index is 978. The van der Waals surface area contributed by atoms with Crippen molar-refractivity contribution in [2.75, 3.05) is 26.2 Å². The van der Waals surface area contributed by atoms with Crippen LogP contribution in [0.15, 0.2) is 53.4 Å². The third kappa shape index (κ3) is 6.85. The lowest BCUT2D eigenvalue weighted by atomic mass is 9.98. The average molecular weight is 448 g/mol. The summed E-state index contributed by atoms with van der Waals surface area (Å²) in [6, 6.07) is 12.7. The molecule has 0 aliphatic carbocycles. The van der Waals surface area contributed by atoms with Gasteiger partial charge in [-0.2, -0.15) is 0 Å². The van der Waals surface area contributed by atoms with Gasteiger partial charge in [0.05, 0.1) is 17.5 Å². The first kappa shape index (κ1) is 23.4. The van der Waals surface area contributed by atoms with Crippen LogP contribution in [0.2, 0.25) is 0 Å². The monoisotopic (exact) mass is 447 g/mol. The van der Waals surface area contributed by atoms with Gasteiger partial charge in [-0.3, -0.25) is 9.69 Å². The molecule has 0 bridgehead atoms. The molecule has 6 nitrogen and oxygen atoms in total. The zero-order valence-electron chi connectivity index (χ0n) is 18.0. The number of carbonyl (C=O) groups is 1. The fraction of sp³-hybridized carbons (Fsp3) is 0.435. The highest BCUT2D eigenvalue weighted by molar-refractivity contribution is 7.89. The number of carbonyl (C=O) groups excluding carboxylic acids is 1. The Morgan fingerprint density at radius 3 is 2.52 bits per heavy atom. The summed E-state index contributed by atoms with van der Waals surface area (Å²) < 4.78 is 40.8. The molecule has 1 saturated heterocycles. The lowest BCUT2D eigenvalue weighted by molar-refractivity contribution is -0.123. The van der Waals surface area contributed by atoms with E-state index in [0.717, 1.165) is 30.5 Å². The largest absolute Gasteiger partial charge is 0.348 e. The van der Waals surface area contributed by atoms with Crippen LogP contribution in [-0.2, 0) is 14.8 Å². The van der Waals surface area contributed by atoms with Crippen LogP contribution in [0.4, 0.5) is 4.39 Å². The molecule has 2 atom stereocenters. The molecule has 0 aromatic heterocycles. The van der Waals surface area contributed by atoms with Gasteiger partial charge in [-0.15, -0.1) is 0 Å². The van der Waals surface area contributed by atoms with Crippen LogP contribution in [0.5, 0.6) is 0 Å². The standard InChI is InChI=1S/C23H30FN3O3S/c1-17-5-11-22(12-6-17)31(29,30)25-14-19-4-3-13-27(15-19)16-23(28)26-18(2)20-7-9-21(24)10-8-20/h5-12,18-19,25H,3-4,13-16H2,1-2H3,(H,26,28). The van der Waals surface area contributed by atoms with Crippen molar-refractivity contribution in [2.45, 2.75) is 37.6 Å². The zero-order chi connectivity index (χ0) is 22.4. The number of rotatable bonds is 8. The number of amides is 1. The lowest BCUT2D eigenvalue weighted by Gasteiger charge is -2.32. The number of halogens is 1. The van der Waals surface area contributed by atoms with Gasteiger partial charge in [0.15, 0.2) is 0 Å². The maximum atomic E-state index is 13.1. The summed E-state index contributed by atoms with van der Waals surface area (Å²) in [5, 5.41) is 2.95. The van der Waals surface area contributed by atoms with Gasteiger partial charge in [0.2, 0.25) is 15.9 Å². The molecule has 2 aromatic carbocycles. The third-order valence-electron chi connectivity index (χ3n) is 5.61. The minimum atomic E-state index is -3.54. The summed E-state index contributed by atoms with van der Waals surface area (Å²) in [7, 11) is -3.54. The molecule has 2 unspecified atom stereocenters. The van der Waals surface area contributed by atoms with E-state index in [-0.39, 0.29) is 35.1 Å². The van der Waals surface area contributed by atoms with Crippen molar-refractivity contribution in [3.63, 3.8) is 0 Å². The minimum Gasteiger partial charge on any atom is -0.348 e. The molecule has 168 valence electrons. The van der Waals surface area contributed by atoms with Crippen molar-refractivity contribution in [3.05, 3.63) is 65.5 Å². The fourth-order valence-corrected chi connectivity index (χ4v) is 4.93. The molecular weight excluding hydrogens is 417 g/mol. The van der Waals surface area contributed by atoms with Crippen molar-refractivity contribution in [1.82, 2.24) is 14.9 Å². The molecule has 1 heterocycles. The summed E-state index contributed by atoms with van der Waals surface area (Å²) in [5.74, 6) is -0.256. The summed E-state index contributed by atoms with van der Waals surface area (Å²) in [6.07, 6.45) is 1.83. The number of benzene rings is 2. The van der Waals surface area contributed by atoms with Gasteiger partial charge in [0.25, 0.3) is 0 Å². The highest BCUT2D eigenvalue weighted by Gasteiger charge is 2.24. The van der Waals surface area contributed by atoms with E-state index in [1.165, 1.54) is 12.1 Å². The summed E-state index contributed by atoms with van der Waals surface area (Å²) >= 11 is 0. The van der Waals surface area contributed by atoms with Gasteiger partial charge in [0.1, 0.15) is 5.82 Å². The maximum Gasteiger partial charge on any atom is 0.240 e. The van der Waals surface area contributed by atoms with Gasteiger partial charge >= 0.3 is 0 Å². The molecule has 8 heteroatoms. The van der Waals surface area contributed by atoms with E-state index < -0.39 is 10.0 Å². The van der Waals surface area contributed by atoms with Crippen molar-refractivity contribution < 1.29 is 17.6 Å². The van der Waals surface area contributed by atoms with Crippen molar-refractivity contribution in [2.24, 2.45) is 5.92 Å². The molecule has 31 heavy (non-hydrogen) atoms. The van der Waals surface area contributed by atoms with Crippen LogP contribution in [0, 0.1) is 18.7 Å². The number of sulfonamides is 1. The second-order valence-electron chi connectivity index (χ2n) is 8.25. The average Bonchev–Trinajstić information content (AvgIpc) is 2.73. The molecule has 1 aliphatic rings. The Labute approximate surface area is 183 Å². The first-order chi connectivity index (χ1) is 14.7. The number of nitrogens with one attached hydrogen (secondary N) is 2. The highest BCUT2D eigenvalue weighted by Crippen LogP contribution is 2.18. The second-order valence-corrected chi connectivity index (χ2v) is 10.0. The van der Waals surface area contributed by atoms with Crippen molar-refractivity contribution >= 4 is 15.9 Å². The Hall–Kier alpha value is -2.29. The van der Waals surface area contributed by atoms with Crippen molar-refractivity contribution in [3.8, 4) is 0 Å². The van der Waals surface area contributed by atoms with E-state index in [2.05, 4.69) is 14.9 Å². The van der Waals surface area contributed by atoms with Gasteiger partial charge in [-0.1, -0.05) is 29.8 Å². The van der Waals surface area contributed by atoms with E-state index >= 15 is 0 Å². The minimum absolute atomic E-state index is 0.0993. The Balaban J connectivity index is 1.48. The molecule has 3 rings (SSSR count). The predicted octanol–water partition coefficient (Wildman–Crippen LogP) is 3.00. The number of piperidine rings is 1. The second kappa shape index (κ2) is 10.3. The topological polar surface area (TPSA) is 78.5 Å². The van der Waals surface area contributed by atoms with Crippen LogP contribution in [0.1, 0.15) is 36.9 Å². The molecule has 1 aliphatic heterocycles. The van der Waals surface area contributed by atoms with Crippen LogP contribution >= 0.6 is 0 Å². The smallest absolute Gasteiger partial charge is 0.240 e. The SMILES string of the molecule is Cc1ccc(S(=O)(=O)NCC2CCCN(CC(=O)NC(C)c3ccc(F)cc3)C2)cc1. The number of hydrogen-bond acceptors (Lipinski definition) is 4.